The van der Waals surface area contributed by atoms with Crippen LogP contribution in [0.4, 0.5) is 5.69 Å². The van der Waals surface area contributed by atoms with Gasteiger partial charge >= 0.3 is 0 Å². The Kier molecular flexibility index (Phi) is 5.61. The molecule has 4 nitrogen and oxygen atoms in total. The Morgan fingerprint density at radius 2 is 1.48 bits per heavy atom. The Labute approximate surface area is 156 Å². The number of amides is 2. The minimum atomic E-state index is -0.358. The van der Waals surface area contributed by atoms with Crippen LogP contribution in [0.1, 0.15) is 40.0 Å². The summed E-state index contributed by atoms with van der Waals surface area (Å²) in [5, 5.41) is 3.44. The fraction of sp³-hybridized carbons (Fsp3) is 0.263. The molecule has 25 heavy (non-hydrogen) atoms. The van der Waals surface area contributed by atoms with E-state index >= 15 is 0 Å². The van der Waals surface area contributed by atoms with Crippen molar-refractivity contribution in [1.29, 1.82) is 0 Å². The Morgan fingerprint density at radius 1 is 0.880 bits per heavy atom. The third-order valence-electron chi connectivity index (χ3n) is 4.22. The number of likely N-dealkylation sites (tertiary alicyclic amines) is 1. The number of benzene rings is 2. The highest BCUT2D eigenvalue weighted by atomic mass is 35.5. The third-order valence-corrected chi connectivity index (χ3v) is 4.85. The molecule has 1 saturated heterocycles. The van der Waals surface area contributed by atoms with Gasteiger partial charge in [-0.15, -0.1) is 0 Å². The SMILES string of the molecule is O=C(Nc1c(Cl)cccc1Cl)c1cccc(C(=O)N2CCCCC2)c1. The Balaban J connectivity index is 1.78. The number of halogens is 2. The van der Waals surface area contributed by atoms with Crippen molar-refractivity contribution >= 4 is 40.7 Å². The molecule has 0 saturated carbocycles. The van der Waals surface area contributed by atoms with Crippen LogP contribution in [0.3, 0.4) is 0 Å². The topological polar surface area (TPSA) is 49.4 Å². The van der Waals surface area contributed by atoms with E-state index in [0.29, 0.717) is 26.9 Å². The summed E-state index contributed by atoms with van der Waals surface area (Å²) in [7, 11) is 0. The molecule has 0 spiro atoms. The van der Waals surface area contributed by atoms with Crippen LogP contribution in [0.2, 0.25) is 10.0 Å². The van der Waals surface area contributed by atoms with Crippen LogP contribution in [0.25, 0.3) is 0 Å². The van der Waals surface area contributed by atoms with Gasteiger partial charge in [-0.3, -0.25) is 9.59 Å². The Bertz CT molecular complexity index is 782. The smallest absolute Gasteiger partial charge is 0.255 e. The molecule has 2 aromatic rings. The summed E-state index contributed by atoms with van der Waals surface area (Å²) in [5.41, 5.74) is 1.27. The zero-order valence-electron chi connectivity index (χ0n) is 13.6. The van der Waals surface area contributed by atoms with Crippen molar-refractivity contribution in [3.8, 4) is 0 Å². The van der Waals surface area contributed by atoms with Crippen molar-refractivity contribution in [3.05, 3.63) is 63.6 Å². The van der Waals surface area contributed by atoms with Gasteiger partial charge in [-0.05, 0) is 49.6 Å². The van der Waals surface area contributed by atoms with E-state index in [1.165, 1.54) is 0 Å². The van der Waals surface area contributed by atoms with Crippen molar-refractivity contribution < 1.29 is 9.59 Å². The fourth-order valence-corrected chi connectivity index (χ4v) is 3.37. The van der Waals surface area contributed by atoms with Crippen molar-refractivity contribution in [2.45, 2.75) is 19.3 Å². The average molecular weight is 377 g/mol. The van der Waals surface area contributed by atoms with Gasteiger partial charge < -0.3 is 10.2 Å². The van der Waals surface area contributed by atoms with E-state index < -0.39 is 0 Å². The number of hydrogen-bond donors (Lipinski definition) is 1. The summed E-state index contributed by atoms with van der Waals surface area (Å²) in [5.74, 6) is -0.395. The maximum absolute atomic E-state index is 12.6. The van der Waals surface area contributed by atoms with Gasteiger partial charge in [0.1, 0.15) is 0 Å². The first-order chi connectivity index (χ1) is 12.1. The average Bonchev–Trinajstić information content (AvgIpc) is 2.65. The van der Waals surface area contributed by atoms with Crippen LogP contribution in [0.15, 0.2) is 42.5 Å². The second-order valence-electron chi connectivity index (χ2n) is 5.98. The standard InChI is InChI=1S/C19H18Cl2N2O2/c20-15-8-5-9-16(21)17(15)22-18(24)13-6-4-7-14(12-13)19(25)23-10-2-1-3-11-23/h4-9,12H,1-3,10-11H2,(H,22,24). The van der Waals surface area contributed by atoms with E-state index in [0.717, 1.165) is 32.4 Å². The minimum Gasteiger partial charge on any atom is -0.339 e. The number of carbonyl (C=O) groups excluding carboxylic acids is 2. The monoisotopic (exact) mass is 376 g/mol. The number of rotatable bonds is 3. The molecule has 2 amide bonds. The first-order valence-electron chi connectivity index (χ1n) is 8.21. The van der Waals surface area contributed by atoms with Gasteiger partial charge in [-0.25, -0.2) is 0 Å². The van der Waals surface area contributed by atoms with E-state index in [-0.39, 0.29) is 11.8 Å². The first-order valence-corrected chi connectivity index (χ1v) is 8.96. The van der Waals surface area contributed by atoms with Crippen molar-refractivity contribution in [3.63, 3.8) is 0 Å². The number of nitrogens with zero attached hydrogens (tertiary/aromatic N) is 1. The molecule has 0 bridgehead atoms. The van der Waals surface area contributed by atoms with Crippen LogP contribution in [-0.2, 0) is 0 Å². The molecule has 1 heterocycles. The summed E-state index contributed by atoms with van der Waals surface area (Å²) < 4.78 is 0. The van der Waals surface area contributed by atoms with Gasteiger partial charge in [0.15, 0.2) is 0 Å². The summed E-state index contributed by atoms with van der Waals surface area (Å²) in [6, 6.07) is 11.7. The van der Waals surface area contributed by atoms with Crippen molar-refractivity contribution in [2.24, 2.45) is 0 Å². The van der Waals surface area contributed by atoms with Crippen LogP contribution < -0.4 is 5.32 Å². The van der Waals surface area contributed by atoms with E-state index in [4.69, 9.17) is 23.2 Å². The second kappa shape index (κ2) is 7.89. The predicted molar refractivity (Wildman–Crippen MR) is 101 cm³/mol. The third kappa shape index (κ3) is 4.14. The number of para-hydroxylation sites is 1. The quantitative estimate of drug-likeness (QED) is 0.830. The highest BCUT2D eigenvalue weighted by Crippen LogP contribution is 2.30. The lowest BCUT2D eigenvalue weighted by molar-refractivity contribution is 0.0724. The predicted octanol–water partition coefficient (Wildman–Crippen LogP) is 4.87. The summed E-state index contributed by atoms with van der Waals surface area (Å²) in [6.07, 6.45) is 3.21. The molecular formula is C19H18Cl2N2O2. The van der Waals surface area contributed by atoms with Gasteiger partial charge in [-0.1, -0.05) is 35.3 Å². The number of carbonyl (C=O) groups is 2. The molecule has 6 heteroatoms. The second-order valence-corrected chi connectivity index (χ2v) is 6.80. The molecule has 1 aliphatic rings. The number of nitrogens with one attached hydrogen (secondary N) is 1. The molecule has 1 aliphatic heterocycles. The molecule has 0 aliphatic carbocycles. The molecule has 2 aromatic carbocycles. The van der Waals surface area contributed by atoms with Crippen LogP contribution >= 0.6 is 23.2 Å². The van der Waals surface area contributed by atoms with Gasteiger partial charge in [0.25, 0.3) is 11.8 Å². The van der Waals surface area contributed by atoms with Crippen LogP contribution in [0, 0.1) is 0 Å². The van der Waals surface area contributed by atoms with Gasteiger partial charge in [-0.2, -0.15) is 0 Å². The molecule has 0 radical (unpaired) electrons. The normalized spacial score (nSPS) is 14.2. The van der Waals surface area contributed by atoms with E-state index in [1.54, 1.807) is 42.5 Å². The molecule has 0 aromatic heterocycles. The van der Waals surface area contributed by atoms with E-state index in [1.807, 2.05) is 4.90 Å². The number of piperidine rings is 1. The maximum Gasteiger partial charge on any atom is 0.255 e. The lowest BCUT2D eigenvalue weighted by atomic mass is 10.1. The van der Waals surface area contributed by atoms with Crippen molar-refractivity contribution in [2.75, 3.05) is 18.4 Å². The number of anilines is 1. The summed E-state index contributed by atoms with van der Waals surface area (Å²) >= 11 is 12.2. The number of hydrogen-bond acceptors (Lipinski definition) is 2. The molecule has 1 N–H and O–H groups in total. The van der Waals surface area contributed by atoms with Gasteiger partial charge in [0, 0.05) is 24.2 Å². The summed E-state index contributed by atoms with van der Waals surface area (Å²) in [6.45, 7) is 1.54. The lowest BCUT2D eigenvalue weighted by Gasteiger charge is -2.26. The zero-order valence-corrected chi connectivity index (χ0v) is 15.1. The Morgan fingerprint density at radius 3 is 2.16 bits per heavy atom. The van der Waals surface area contributed by atoms with Crippen molar-refractivity contribution in [1.82, 2.24) is 4.90 Å². The molecule has 0 unspecified atom stereocenters. The molecule has 1 fully saturated rings. The van der Waals surface area contributed by atoms with E-state index in [9.17, 15) is 9.59 Å². The van der Waals surface area contributed by atoms with E-state index in [2.05, 4.69) is 5.32 Å². The maximum atomic E-state index is 12.6. The lowest BCUT2D eigenvalue weighted by Crippen LogP contribution is -2.35. The fourth-order valence-electron chi connectivity index (χ4n) is 2.88. The summed E-state index contributed by atoms with van der Waals surface area (Å²) in [4.78, 5) is 26.9. The zero-order chi connectivity index (χ0) is 17.8. The highest BCUT2D eigenvalue weighted by Gasteiger charge is 2.19. The van der Waals surface area contributed by atoms with Gasteiger partial charge in [0.05, 0.1) is 15.7 Å². The molecule has 130 valence electrons. The Hall–Kier alpha value is -2.04. The molecule has 3 rings (SSSR count). The van der Waals surface area contributed by atoms with Crippen LogP contribution in [-0.4, -0.2) is 29.8 Å². The molecule has 0 atom stereocenters. The van der Waals surface area contributed by atoms with Crippen LogP contribution in [0.5, 0.6) is 0 Å². The highest BCUT2D eigenvalue weighted by molar-refractivity contribution is 6.40. The minimum absolute atomic E-state index is 0.0369. The molecular weight excluding hydrogens is 359 g/mol. The first kappa shape index (κ1) is 17.8. The van der Waals surface area contributed by atoms with Gasteiger partial charge in [0.2, 0.25) is 0 Å². The largest absolute Gasteiger partial charge is 0.339 e.